The topological polar surface area (TPSA) is 54.0 Å². The predicted octanol–water partition coefficient (Wildman–Crippen LogP) is 3.44. The average Bonchev–Trinajstić information content (AvgIpc) is 2.80. The molecule has 0 bridgehead atoms. The lowest BCUT2D eigenvalue weighted by Crippen LogP contribution is -2.48. The van der Waals surface area contributed by atoms with Crippen LogP contribution in [-0.2, 0) is 4.79 Å². The van der Waals surface area contributed by atoms with Crippen LogP contribution < -0.4 is 19.7 Å². The van der Waals surface area contributed by atoms with Crippen molar-refractivity contribution in [1.29, 1.82) is 0 Å². The van der Waals surface area contributed by atoms with E-state index in [4.69, 9.17) is 9.47 Å². The molecule has 0 saturated carbocycles. The van der Waals surface area contributed by atoms with E-state index in [1.807, 2.05) is 38.1 Å². The van der Waals surface area contributed by atoms with Crippen LogP contribution in [0.2, 0.25) is 0 Å². The molecule has 0 radical (unpaired) electrons. The first-order valence-electron chi connectivity index (χ1n) is 11.1. The normalized spacial score (nSPS) is 14.6. The molecule has 0 spiro atoms. The lowest BCUT2D eigenvalue weighted by molar-refractivity contribution is -0.116. The number of benzene rings is 2. The molecular formula is C25H33N3O3. The molecule has 2 aromatic carbocycles. The Balaban J connectivity index is 1.40. The van der Waals surface area contributed by atoms with Gasteiger partial charge in [0.2, 0.25) is 5.91 Å². The zero-order chi connectivity index (χ0) is 21.9. The number of rotatable bonds is 10. The first-order chi connectivity index (χ1) is 15.2. The summed E-state index contributed by atoms with van der Waals surface area (Å²) in [4.78, 5) is 17.0. The van der Waals surface area contributed by atoms with Gasteiger partial charge in [0, 0.05) is 51.0 Å². The molecule has 1 aliphatic rings. The number of hydrogen-bond acceptors (Lipinski definition) is 5. The highest BCUT2D eigenvalue weighted by Gasteiger charge is 2.16. The second-order valence-corrected chi connectivity index (χ2v) is 7.36. The van der Waals surface area contributed by atoms with Crippen molar-refractivity contribution in [3.63, 3.8) is 0 Å². The second-order valence-electron chi connectivity index (χ2n) is 7.36. The Morgan fingerprint density at radius 3 is 2.39 bits per heavy atom. The van der Waals surface area contributed by atoms with Gasteiger partial charge in [0.15, 0.2) is 11.5 Å². The van der Waals surface area contributed by atoms with Gasteiger partial charge in [-0.1, -0.05) is 24.3 Å². The highest BCUT2D eigenvalue weighted by atomic mass is 16.5. The van der Waals surface area contributed by atoms with Crippen molar-refractivity contribution in [3.05, 3.63) is 60.2 Å². The van der Waals surface area contributed by atoms with E-state index in [0.29, 0.717) is 25.5 Å². The maximum atomic E-state index is 12.2. The maximum Gasteiger partial charge on any atom is 0.244 e. The lowest BCUT2D eigenvalue weighted by Gasteiger charge is -2.36. The Labute approximate surface area is 185 Å². The molecule has 1 amide bonds. The van der Waals surface area contributed by atoms with Gasteiger partial charge in [0.1, 0.15) is 0 Å². The predicted molar refractivity (Wildman–Crippen MR) is 126 cm³/mol. The Bertz CT molecular complexity index is 846. The molecule has 1 N–H and O–H groups in total. The van der Waals surface area contributed by atoms with Crippen molar-refractivity contribution < 1.29 is 14.3 Å². The van der Waals surface area contributed by atoms with E-state index >= 15 is 0 Å². The summed E-state index contributed by atoms with van der Waals surface area (Å²) in [7, 11) is 0. The van der Waals surface area contributed by atoms with Crippen LogP contribution >= 0.6 is 0 Å². The molecule has 1 fully saturated rings. The summed E-state index contributed by atoms with van der Waals surface area (Å²) in [6.07, 6.45) is 3.37. The third-order valence-corrected chi connectivity index (χ3v) is 5.22. The van der Waals surface area contributed by atoms with Crippen LogP contribution in [0.4, 0.5) is 5.69 Å². The highest BCUT2D eigenvalue weighted by Crippen LogP contribution is 2.29. The van der Waals surface area contributed by atoms with Crippen LogP contribution in [0, 0.1) is 0 Å². The summed E-state index contributed by atoms with van der Waals surface area (Å²) < 4.78 is 11.2. The summed E-state index contributed by atoms with van der Waals surface area (Å²) in [6.45, 7) is 10.6. The number of hydrogen-bond donors (Lipinski definition) is 1. The minimum atomic E-state index is -0.0882. The van der Waals surface area contributed by atoms with Gasteiger partial charge in [0.05, 0.1) is 13.2 Å². The van der Waals surface area contributed by atoms with Gasteiger partial charge in [-0.3, -0.25) is 9.69 Å². The van der Waals surface area contributed by atoms with Crippen molar-refractivity contribution in [2.75, 3.05) is 57.4 Å². The van der Waals surface area contributed by atoms with E-state index in [-0.39, 0.29) is 5.91 Å². The number of carbonyl (C=O) groups excluding carboxylic acids is 1. The van der Waals surface area contributed by atoms with Gasteiger partial charge in [-0.2, -0.15) is 0 Å². The van der Waals surface area contributed by atoms with E-state index in [9.17, 15) is 4.79 Å². The lowest BCUT2D eigenvalue weighted by atomic mass is 10.2. The van der Waals surface area contributed by atoms with Crippen molar-refractivity contribution in [1.82, 2.24) is 10.2 Å². The summed E-state index contributed by atoms with van der Waals surface area (Å²) in [5.41, 5.74) is 2.18. The quantitative estimate of drug-likeness (QED) is 0.594. The standard InChI is InChI=1S/C25H33N3O3/c1-3-30-23-12-10-21(20-24(23)31-4-2)11-13-25(29)26-14-15-27-16-18-28(19-17-27)22-8-6-5-7-9-22/h5-13,20H,3-4,14-19H2,1-2H3,(H,26,29)/b13-11+. The van der Waals surface area contributed by atoms with Gasteiger partial charge >= 0.3 is 0 Å². The maximum absolute atomic E-state index is 12.2. The molecule has 31 heavy (non-hydrogen) atoms. The van der Waals surface area contributed by atoms with E-state index in [2.05, 4.69) is 39.4 Å². The monoisotopic (exact) mass is 423 g/mol. The second kappa shape index (κ2) is 12.0. The molecule has 166 valence electrons. The minimum Gasteiger partial charge on any atom is -0.490 e. The molecule has 2 aromatic rings. The smallest absolute Gasteiger partial charge is 0.244 e. The number of anilines is 1. The van der Waals surface area contributed by atoms with Gasteiger partial charge in [-0.25, -0.2) is 0 Å². The van der Waals surface area contributed by atoms with Crippen LogP contribution in [0.25, 0.3) is 6.08 Å². The number of piperazine rings is 1. The van der Waals surface area contributed by atoms with E-state index in [1.165, 1.54) is 5.69 Å². The minimum absolute atomic E-state index is 0.0882. The van der Waals surface area contributed by atoms with Crippen LogP contribution in [-0.4, -0.2) is 63.3 Å². The molecule has 6 nitrogen and oxygen atoms in total. The number of nitrogens with zero attached hydrogens (tertiary/aromatic N) is 2. The van der Waals surface area contributed by atoms with Crippen molar-refractivity contribution in [3.8, 4) is 11.5 Å². The van der Waals surface area contributed by atoms with Crippen molar-refractivity contribution in [2.24, 2.45) is 0 Å². The van der Waals surface area contributed by atoms with Crippen LogP contribution in [0.3, 0.4) is 0 Å². The Morgan fingerprint density at radius 1 is 0.968 bits per heavy atom. The molecule has 0 aromatic heterocycles. The fourth-order valence-corrected chi connectivity index (χ4v) is 3.61. The third-order valence-electron chi connectivity index (χ3n) is 5.22. The molecule has 0 aliphatic carbocycles. The van der Waals surface area contributed by atoms with E-state index in [1.54, 1.807) is 12.2 Å². The molecule has 1 heterocycles. The Morgan fingerprint density at radius 2 is 1.68 bits per heavy atom. The van der Waals surface area contributed by atoms with Gasteiger partial charge in [0.25, 0.3) is 0 Å². The zero-order valence-corrected chi connectivity index (χ0v) is 18.5. The fraction of sp³-hybridized carbons (Fsp3) is 0.400. The number of para-hydroxylation sites is 1. The first kappa shape index (κ1) is 22.7. The van der Waals surface area contributed by atoms with E-state index in [0.717, 1.165) is 44.0 Å². The van der Waals surface area contributed by atoms with Crippen molar-refractivity contribution in [2.45, 2.75) is 13.8 Å². The summed E-state index contributed by atoms with van der Waals surface area (Å²) in [6, 6.07) is 16.2. The SMILES string of the molecule is CCOc1ccc(/C=C/C(=O)NCCN2CCN(c3ccccc3)CC2)cc1OCC. The van der Waals surface area contributed by atoms with Crippen LogP contribution in [0.5, 0.6) is 11.5 Å². The Hall–Kier alpha value is -2.99. The number of ether oxygens (including phenoxy) is 2. The molecular weight excluding hydrogens is 390 g/mol. The van der Waals surface area contributed by atoms with Crippen molar-refractivity contribution >= 4 is 17.7 Å². The number of amides is 1. The molecule has 6 heteroatoms. The molecule has 1 saturated heterocycles. The summed E-state index contributed by atoms with van der Waals surface area (Å²) >= 11 is 0. The molecule has 3 rings (SSSR count). The molecule has 0 unspecified atom stereocenters. The van der Waals surface area contributed by atoms with Crippen LogP contribution in [0.1, 0.15) is 19.4 Å². The third kappa shape index (κ3) is 7.03. The number of nitrogens with one attached hydrogen (secondary N) is 1. The average molecular weight is 424 g/mol. The van der Waals surface area contributed by atoms with Gasteiger partial charge < -0.3 is 19.7 Å². The fourth-order valence-electron chi connectivity index (χ4n) is 3.61. The zero-order valence-electron chi connectivity index (χ0n) is 18.5. The highest BCUT2D eigenvalue weighted by molar-refractivity contribution is 5.91. The van der Waals surface area contributed by atoms with Crippen LogP contribution in [0.15, 0.2) is 54.6 Å². The van der Waals surface area contributed by atoms with E-state index < -0.39 is 0 Å². The molecule has 1 aliphatic heterocycles. The van der Waals surface area contributed by atoms with Gasteiger partial charge in [-0.15, -0.1) is 0 Å². The first-order valence-corrected chi connectivity index (χ1v) is 11.1. The summed E-state index contributed by atoms with van der Waals surface area (Å²) in [5, 5.41) is 2.98. The molecule has 0 atom stereocenters. The number of carbonyl (C=O) groups is 1. The summed E-state index contributed by atoms with van der Waals surface area (Å²) in [5.74, 6) is 1.33. The largest absolute Gasteiger partial charge is 0.490 e. The Kier molecular flexibility index (Phi) is 8.79. The van der Waals surface area contributed by atoms with Gasteiger partial charge in [-0.05, 0) is 49.8 Å².